The Kier molecular flexibility index (Phi) is 5.35. The highest BCUT2D eigenvalue weighted by molar-refractivity contribution is 5.79. The van der Waals surface area contributed by atoms with Gasteiger partial charge in [-0.1, -0.05) is 90.5 Å². The van der Waals surface area contributed by atoms with Crippen LogP contribution < -0.4 is 4.90 Å². The van der Waals surface area contributed by atoms with Gasteiger partial charge in [-0.05, 0) is 54.4 Å². The lowest BCUT2D eigenvalue weighted by molar-refractivity contribution is 1.27. The Morgan fingerprint density at radius 3 is 1.75 bits per heavy atom. The van der Waals surface area contributed by atoms with E-state index in [1.165, 1.54) is 16.7 Å². The number of aryl methyl sites for hydroxylation is 1. The van der Waals surface area contributed by atoms with Crippen molar-refractivity contribution in [1.82, 2.24) is 0 Å². The molecular weight excluding hydrogens is 338 g/mol. The fourth-order valence-corrected chi connectivity index (χ4v) is 3.24. The highest BCUT2D eigenvalue weighted by atomic mass is 15.1. The molecule has 4 aromatic carbocycles. The van der Waals surface area contributed by atoms with Gasteiger partial charge in [-0.2, -0.15) is 0 Å². The molecule has 0 N–H and O–H groups in total. The first-order valence-electron chi connectivity index (χ1n) is 9.55. The molecule has 0 saturated carbocycles. The molecule has 0 atom stereocenters. The number of rotatable bonds is 5. The van der Waals surface area contributed by atoms with E-state index in [2.05, 4.69) is 127 Å². The first-order chi connectivity index (χ1) is 13.8. The summed E-state index contributed by atoms with van der Waals surface area (Å²) in [4.78, 5) is 2.29. The lowest BCUT2D eigenvalue weighted by Gasteiger charge is -2.25. The monoisotopic (exact) mass is 361 g/mol. The van der Waals surface area contributed by atoms with Crippen LogP contribution in [0.15, 0.2) is 109 Å². The molecule has 0 aliphatic heterocycles. The van der Waals surface area contributed by atoms with Crippen molar-refractivity contribution in [2.24, 2.45) is 0 Å². The van der Waals surface area contributed by atoms with Crippen LogP contribution in [0, 0.1) is 6.92 Å². The molecule has 136 valence electrons. The molecule has 0 aliphatic rings. The van der Waals surface area contributed by atoms with Crippen LogP contribution >= 0.6 is 0 Å². The van der Waals surface area contributed by atoms with Crippen LogP contribution in [0.5, 0.6) is 0 Å². The Hall–Kier alpha value is -3.58. The molecule has 0 heterocycles. The van der Waals surface area contributed by atoms with Gasteiger partial charge in [0.15, 0.2) is 0 Å². The zero-order valence-corrected chi connectivity index (χ0v) is 16.0. The molecule has 0 spiro atoms. The van der Waals surface area contributed by atoms with E-state index >= 15 is 0 Å². The first-order valence-corrected chi connectivity index (χ1v) is 9.55. The third-order valence-corrected chi connectivity index (χ3v) is 4.70. The summed E-state index contributed by atoms with van der Waals surface area (Å²) in [5.41, 5.74) is 7.08. The third-order valence-electron chi connectivity index (χ3n) is 4.70. The zero-order valence-electron chi connectivity index (χ0n) is 16.0. The van der Waals surface area contributed by atoms with Crippen LogP contribution in [0.4, 0.5) is 17.1 Å². The minimum absolute atomic E-state index is 1.14. The number of hydrogen-bond donors (Lipinski definition) is 0. The maximum Gasteiger partial charge on any atom is 0.0467 e. The molecular formula is C27H23N. The van der Waals surface area contributed by atoms with E-state index in [9.17, 15) is 0 Å². The largest absolute Gasteiger partial charge is 0.310 e. The van der Waals surface area contributed by atoms with Crippen LogP contribution in [0.2, 0.25) is 0 Å². The molecule has 0 fully saturated rings. The van der Waals surface area contributed by atoms with Crippen molar-refractivity contribution in [2.75, 3.05) is 4.90 Å². The fourth-order valence-electron chi connectivity index (χ4n) is 3.24. The summed E-state index contributed by atoms with van der Waals surface area (Å²) in [6.07, 6.45) is 4.31. The molecule has 4 aromatic rings. The minimum atomic E-state index is 1.14. The molecule has 0 aliphatic carbocycles. The minimum Gasteiger partial charge on any atom is -0.310 e. The smallest absolute Gasteiger partial charge is 0.0467 e. The van der Waals surface area contributed by atoms with Crippen LogP contribution in [0.3, 0.4) is 0 Å². The van der Waals surface area contributed by atoms with Crippen molar-refractivity contribution in [3.63, 3.8) is 0 Å². The summed E-state index contributed by atoms with van der Waals surface area (Å²) in [6, 6.07) is 38.2. The van der Waals surface area contributed by atoms with E-state index in [4.69, 9.17) is 0 Å². The van der Waals surface area contributed by atoms with Crippen LogP contribution in [-0.4, -0.2) is 0 Å². The van der Waals surface area contributed by atoms with Crippen molar-refractivity contribution in [3.8, 4) is 0 Å². The number of anilines is 3. The molecule has 0 unspecified atom stereocenters. The Morgan fingerprint density at radius 1 is 0.500 bits per heavy atom. The second kappa shape index (κ2) is 8.41. The van der Waals surface area contributed by atoms with Gasteiger partial charge in [0.25, 0.3) is 0 Å². The average Bonchev–Trinajstić information content (AvgIpc) is 2.76. The van der Waals surface area contributed by atoms with Gasteiger partial charge in [-0.3, -0.25) is 0 Å². The summed E-state index contributed by atoms with van der Waals surface area (Å²) in [6.45, 7) is 2.12. The Balaban J connectivity index is 1.72. The van der Waals surface area contributed by atoms with Crippen LogP contribution in [-0.2, 0) is 0 Å². The summed E-state index contributed by atoms with van der Waals surface area (Å²) in [5.74, 6) is 0. The van der Waals surface area contributed by atoms with E-state index in [0.717, 1.165) is 17.1 Å². The van der Waals surface area contributed by atoms with Crippen molar-refractivity contribution in [2.45, 2.75) is 6.92 Å². The topological polar surface area (TPSA) is 3.24 Å². The van der Waals surface area contributed by atoms with E-state index in [0.29, 0.717) is 0 Å². The molecule has 4 rings (SSSR count). The second-order valence-corrected chi connectivity index (χ2v) is 6.85. The molecule has 0 aromatic heterocycles. The molecule has 0 saturated heterocycles. The Morgan fingerprint density at radius 2 is 1.04 bits per heavy atom. The standard InChI is InChI=1S/C27H23N/c1-22-15-19-26(20-16-22)28(25-12-6-3-7-13-25)27-14-8-11-24(21-27)18-17-23-9-4-2-5-10-23/h2-21H,1H3. The molecule has 28 heavy (non-hydrogen) atoms. The number of nitrogens with zero attached hydrogens (tertiary/aromatic N) is 1. The summed E-state index contributed by atoms with van der Waals surface area (Å²) in [7, 11) is 0. The SMILES string of the molecule is Cc1ccc(N(c2ccccc2)c2cccc(C=Cc3ccccc3)c2)cc1. The number of para-hydroxylation sites is 1. The predicted octanol–water partition coefficient (Wildman–Crippen LogP) is 7.64. The molecule has 0 amide bonds. The average molecular weight is 361 g/mol. The van der Waals surface area contributed by atoms with E-state index in [-0.39, 0.29) is 0 Å². The molecule has 0 radical (unpaired) electrons. The normalized spacial score (nSPS) is 10.9. The van der Waals surface area contributed by atoms with E-state index in [1.807, 2.05) is 6.07 Å². The van der Waals surface area contributed by atoms with Crippen molar-refractivity contribution < 1.29 is 0 Å². The van der Waals surface area contributed by atoms with Crippen molar-refractivity contribution in [3.05, 3.63) is 126 Å². The van der Waals surface area contributed by atoms with Gasteiger partial charge in [0.1, 0.15) is 0 Å². The zero-order chi connectivity index (χ0) is 19.2. The molecule has 1 heteroatoms. The highest BCUT2D eigenvalue weighted by Crippen LogP contribution is 2.34. The highest BCUT2D eigenvalue weighted by Gasteiger charge is 2.11. The van der Waals surface area contributed by atoms with Gasteiger partial charge in [-0.15, -0.1) is 0 Å². The summed E-state index contributed by atoms with van der Waals surface area (Å²) in [5, 5.41) is 0. The van der Waals surface area contributed by atoms with Gasteiger partial charge in [0.2, 0.25) is 0 Å². The Bertz CT molecular complexity index is 1050. The van der Waals surface area contributed by atoms with Crippen molar-refractivity contribution in [1.29, 1.82) is 0 Å². The van der Waals surface area contributed by atoms with E-state index < -0.39 is 0 Å². The van der Waals surface area contributed by atoms with Gasteiger partial charge in [0.05, 0.1) is 0 Å². The van der Waals surface area contributed by atoms with Crippen molar-refractivity contribution >= 4 is 29.2 Å². The maximum absolute atomic E-state index is 2.29. The third kappa shape index (κ3) is 4.21. The predicted molar refractivity (Wildman–Crippen MR) is 121 cm³/mol. The fraction of sp³-hybridized carbons (Fsp3) is 0.0370. The number of hydrogen-bond acceptors (Lipinski definition) is 1. The quantitative estimate of drug-likeness (QED) is 0.330. The summed E-state index contributed by atoms with van der Waals surface area (Å²) < 4.78 is 0. The van der Waals surface area contributed by atoms with Gasteiger partial charge < -0.3 is 4.90 Å². The van der Waals surface area contributed by atoms with E-state index in [1.54, 1.807) is 0 Å². The Labute approximate surface area is 167 Å². The second-order valence-electron chi connectivity index (χ2n) is 6.85. The lowest BCUT2D eigenvalue weighted by atomic mass is 10.1. The maximum atomic E-state index is 2.29. The van der Waals surface area contributed by atoms with Gasteiger partial charge in [0, 0.05) is 17.1 Å². The first kappa shape index (κ1) is 17.8. The van der Waals surface area contributed by atoms with Gasteiger partial charge in [-0.25, -0.2) is 0 Å². The lowest BCUT2D eigenvalue weighted by Crippen LogP contribution is -2.09. The van der Waals surface area contributed by atoms with Gasteiger partial charge >= 0.3 is 0 Å². The summed E-state index contributed by atoms with van der Waals surface area (Å²) >= 11 is 0. The van der Waals surface area contributed by atoms with Crippen LogP contribution in [0.1, 0.15) is 16.7 Å². The molecule has 1 nitrogen and oxygen atoms in total. The number of benzene rings is 4. The van der Waals surface area contributed by atoms with Crippen LogP contribution in [0.25, 0.3) is 12.2 Å². The molecule has 0 bridgehead atoms.